The number of aliphatic imine (C=N–C) groups is 1. The molecule has 0 atom stereocenters. The van der Waals surface area contributed by atoms with E-state index in [4.69, 9.17) is 10.5 Å². The molecule has 1 aliphatic rings. The highest BCUT2D eigenvalue weighted by molar-refractivity contribution is 5.98. The summed E-state index contributed by atoms with van der Waals surface area (Å²) < 4.78 is 1.23. The van der Waals surface area contributed by atoms with Gasteiger partial charge in [-0.3, -0.25) is 5.41 Å². The normalized spacial score (nSPS) is 19.9. The lowest BCUT2D eigenvalue weighted by molar-refractivity contribution is -0.436. The minimum atomic E-state index is -0.505. The van der Waals surface area contributed by atoms with Crippen molar-refractivity contribution < 1.29 is 14.8 Å². The monoisotopic (exact) mass is 179 g/mol. The summed E-state index contributed by atoms with van der Waals surface area (Å²) in [5.74, 6) is -0.0548. The molecule has 0 aromatic rings. The van der Waals surface area contributed by atoms with E-state index in [1.165, 1.54) is 35.2 Å². The van der Waals surface area contributed by atoms with Crippen LogP contribution < -0.4 is 5.11 Å². The Morgan fingerprint density at radius 2 is 2.46 bits per heavy atom. The molecule has 0 aromatic carbocycles. The van der Waals surface area contributed by atoms with E-state index >= 15 is 0 Å². The minimum absolute atomic E-state index is 0.0548. The van der Waals surface area contributed by atoms with Crippen LogP contribution in [0.15, 0.2) is 29.4 Å². The molecule has 1 heterocycles. The molecule has 5 heteroatoms. The van der Waals surface area contributed by atoms with Gasteiger partial charge in [-0.2, -0.15) is 0 Å². The molecular formula is C8H9N3O2. The molecule has 13 heavy (non-hydrogen) atoms. The van der Waals surface area contributed by atoms with E-state index in [-0.39, 0.29) is 12.4 Å². The van der Waals surface area contributed by atoms with Crippen molar-refractivity contribution in [2.75, 3.05) is 6.61 Å². The maximum absolute atomic E-state index is 11.0. The molecule has 0 aromatic heterocycles. The van der Waals surface area contributed by atoms with Gasteiger partial charge in [0.1, 0.15) is 6.20 Å². The molecule has 1 aliphatic heterocycles. The summed E-state index contributed by atoms with van der Waals surface area (Å²) >= 11 is 0. The molecule has 0 saturated carbocycles. The second kappa shape index (κ2) is 4.32. The first-order valence-electron chi connectivity index (χ1n) is 3.65. The number of amidine groups is 2. The van der Waals surface area contributed by atoms with Gasteiger partial charge in [-0.1, -0.05) is 6.08 Å². The third kappa shape index (κ3) is 2.64. The lowest BCUT2D eigenvalue weighted by Gasteiger charge is -2.05. The zero-order valence-electron chi connectivity index (χ0n) is 6.84. The summed E-state index contributed by atoms with van der Waals surface area (Å²) in [4.78, 5) is 3.40. The average molecular weight is 179 g/mol. The molecular weight excluding hydrogens is 170 g/mol. The first-order chi connectivity index (χ1) is 6.24. The summed E-state index contributed by atoms with van der Waals surface area (Å²) in [6, 6.07) is -0.505. The summed E-state index contributed by atoms with van der Waals surface area (Å²) in [7, 11) is 0. The van der Waals surface area contributed by atoms with E-state index in [0.717, 1.165) is 0 Å². The Morgan fingerprint density at radius 1 is 1.69 bits per heavy atom. The van der Waals surface area contributed by atoms with E-state index in [1.54, 1.807) is 0 Å². The Bertz CT molecular complexity index is 326. The number of aliphatic hydroxyl groups excluding tert-OH is 1. The first-order valence-corrected chi connectivity index (χ1v) is 3.65. The number of hydrogen-bond donors (Lipinski definition) is 2. The van der Waals surface area contributed by atoms with Gasteiger partial charge in [-0.05, 0) is 11.1 Å². The molecule has 0 amide bonds. The highest BCUT2D eigenvalue weighted by Crippen LogP contribution is 1.91. The van der Waals surface area contributed by atoms with Crippen LogP contribution in [0.1, 0.15) is 0 Å². The number of hydrogen-bond acceptors (Lipinski definition) is 3. The van der Waals surface area contributed by atoms with Crippen LogP contribution in [0.25, 0.3) is 0 Å². The molecule has 0 aliphatic carbocycles. The van der Waals surface area contributed by atoms with E-state index in [1.807, 2.05) is 0 Å². The standard InChI is InChI=1S/C8H9N3O2/c9-7-3-5-11(8(13)10-7)4-1-2-6-12/h1-5,12H,6H2,(H-,9,10,13)/b2-1?,11-4+. The van der Waals surface area contributed by atoms with Crippen LogP contribution in [0.4, 0.5) is 0 Å². The topological polar surface area (TPSA) is 82.5 Å². The third-order valence-electron chi connectivity index (χ3n) is 1.32. The quantitative estimate of drug-likeness (QED) is 0.524. The van der Waals surface area contributed by atoms with Gasteiger partial charge in [0.2, 0.25) is 0 Å². The summed E-state index contributed by atoms with van der Waals surface area (Å²) in [5.41, 5.74) is 0. The largest absolute Gasteiger partial charge is 0.807 e. The van der Waals surface area contributed by atoms with Crippen LogP contribution in [0.5, 0.6) is 0 Å². The third-order valence-corrected chi connectivity index (χ3v) is 1.32. The fourth-order valence-corrected chi connectivity index (χ4v) is 0.741. The van der Waals surface area contributed by atoms with Crippen molar-refractivity contribution in [2.45, 2.75) is 0 Å². The number of aliphatic hydroxyl groups is 1. The highest BCUT2D eigenvalue weighted by atomic mass is 16.3. The van der Waals surface area contributed by atoms with Gasteiger partial charge in [-0.25, -0.2) is 4.58 Å². The highest BCUT2D eigenvalue weighted by Gasteiger charge is 2.07. The summed E-state index contributed by atoms with van der Waals surface area (Å²) in [6.07, 6.45) is 7.34. The van der Waals surface area contributed by atoms with E-state index in [0.29, 0.717) is 0 Å². The van der Waals surface area contributed by atoms with Crippen LogP contribution in [0.2, 0.25) is 0 Å². The van der Waals surface area contributed by atoms with E-state index < -0.39 is 6.02 Å². The lowest BCUT2D eigenvalue weighted by atomic mass is 10.5. The molecule has 0 fully saturated rings. The van der Waals surface area contributed by atoms with Crippen LogP contribution in [-0.2, 0) is 0 Å². The maximum Gasteiger partial charge on any atom is 0.277 e. The summed E-state index contributed by atoms with van der Waals surface area (Å²) in [6.45, 7) is -0.0742. The van der Waals surface area contributed by atoms with Gasteiger partial charge in [0.25, 0.3) is 11.9 Å². The predicted octanol–water partition coefficient (Wildman–Crippen LogP) is -1.16. The molecule has 5 nitrogen and oxygen atoms in total. The van der Waals surface area contributed by atoms with Crippen molar-refractivity contribution in [1.82, 2.24) is 0 Å². The smallest absolute Gasteiger partial charge is 0.277 e. The first kappa shape index (κ1) is 9.34. The average Bonchev–Trinajstić information content (AvgIpc) is 2.09. The molecule has 2 N–H and O–H groups in total. The zero-order valence-corrected chi connectivity index (χ0v) is 6.84. The Balaban J connectivity index is 2.77. The molecule has 0 saturated heterocycles. The molecule has 0 unspecified atom stereocenters. The fraction of sp³-hybridized carbons (Fsp3) is 0.125. The van der Waals surface area contributed by atoms with Gasteiger partial charge in [0.05, 0.1) is 12.8 Å². The van der Waals surface area contributed by atoms with Gasteiger partial charge >= 0.3 is 0 Å². The number of rotatable bonds is 2. The number of nitrogens with zero attached hydrogens (tertiary/aromatic N) is 2. The van der Waals surface area contributed by atoms with Gasteiger partial charge in [0, 0.05) is 6.08 Å². The van der Waals surface area contributed by atoms with Crippen LogP contribution in [0, 0.1) is 5.41 Å². The second-order valence-corrected chi connectivity index (χ2v) is 2.26. The van der Waals surface area contributed by atoms with Crippen molar-refractivity contribution in [2.24, 2.45) is 4.99 Å². The Morgan fingerprint density at radius 3 is 3.08 bits per heavy atom. The van der Waals surface area contributed by atoms with E-state index in [2.05, 4.69) is 4.99 Å². The molecule has 0 spiro atoms. The fourth-order valence-electron chi connectivity index (χ4n) is 0.741. The van der Waals surface area contributed by atoms with Crippen molar-refractivity contribution >= 4 is 18.1 Å². The number of allylic oxidation sites excluding steroid dienone is 1. The van der Waals surface area contributed by atoms with Gasteiger partial charge < -0.3 is 10.2 Å². The summed E-state index contributed by atoms with van der Waals surface area (Å²) in [5, 5.41) is 26.5. The number of nitrogens with one attached hydrogen (secondary N) is 1. The molecule has 68 valence electrons. The van der Waals surface area contributed by atoms with Crippen molar-refractivity contribution in [3.8, 4) is 0 Å². The second-order valence-electron chi connectivity index (χ2n) is 2.26. The van der Waals surface area contributed by atoms with Crippen LogP contribution in [-0.4, -0.2) is 34.4 Å². The van der Waals surface area contributed by atoms with Crippen LogP contribution >= 0.6 is 0 Å². The lowest BCUT2D eigenvalue weighted by Crippen LogP contribution is -2.32. The maximum atomic E-state index is 11.0. The SMILES string of the molecule is N=C1C=C/[N+](=C\C=CCO)C([O-])=N1. The van der Waals surface area contributed by atoms with E-state index in [9.17, 15) is 5.11 Å². The molecule has 0 bridgehead atoms. The van der Waals surface area contributed by atoms with Crippen molar-refractivity contribution in [3.63, 3.8) is 0 Å². The molecule has 0 radical (unpaired) electrons. The Hall–Kier alpha value is -1.75. The Labute approximate surface area is 75.2 Å². The van der Waals surface area contributed by atoms with Gasteiger partial charge in [0.15, 0.2) is 0 Å². The van der Waals surface area contributed by atoms with Crippen molar-refractivity contribution in [1.29, 1.82) is 5.41 Å². The van der Waals surface area contributed by atoms with Gasteiger partial charge in [-0.15, -0.1) is 0 Å². The van der Waals surface area contributed by atoms with Crippen LogP contribution in [0.3, 0.4) is 0 Å². The molecule has 1 rings (SSSR count). The zero-order chi connectivity index (χ0) is 9.68. The Kier molecular flexibility index (Phi) is 3.10. The van der Waals surface area contributed by atoms with Crippen molar-refractivity contribution in [3.05, 3.63) is 24.4 Å². The predicted molar refractivity (Wildman–Crippen MR) is 46.9 cm³/mol. The minimum Gasteiger partial charge on any atom is -0.807 e.